The van der Waals surface area contributed by atoms with Crippen molar-refractivity contribution >= 4 is 23.4 Å². The van der Waals surface area contributed by atoms with Crippen molar-refractivity contribution in [1.29, 1.82) is 0 Å². The first-order valence-electron chi connectivity index (χ1n) is 11.7. The van der Waals surface area contributed by atoms with Crippen molar-refractivity contribution in [1.82, 2.24) is 14.8 Å². The van der Waals surface area contributed by atoms with Crippen molar-refractivity contribution in [3.05, 3.63) is 98.9 Å². The number of allylic oxidation sites excluding steroid dienone is 1. The summed E-state index contributed by atoms with van der Waals surface area (Å²) in [6, 6.07) is 11.4. The van der Waals surface area contributed by atoms with Crippen LogP contribution in [0.1, 0.15) is 53.8 Å². The van der Waals surface area contributed by atoms with Gasteiger partial charge in [0, 0.05) is 12.5 Å². The first-order chi connectivity index (χ1) is 17.4. The molecule has 8 nitrogen and oxygen atoms in total. The number of carbonyl (C=O) groups is 1. The first-order valence-corrected chi connectivity index (χ1v) is 11.7. The molecule has 0 radical (unpaired) electrons. The summed E-state index contributed by atoms with van der Waals surface area (Å²) in [6.07, 6.45) is 5.44. The molecule has 1 fully saturated rings. The molecule has 0 unspecified atom stereocenters. The zero-order valence-electron chi connectivity index (χ0n) is 19.5. The first kappa shape index (κ1) is 23.5. The molecule has 0 spiro atoms. The van der Waals surface area contributed by atoms with E-state index in [1.165, 1.54) is 40.2 Å². The average Bonchev–Trinajstić information content (AvgIpc) is 3.49. The van der Waals surface area contributed by atoms with Gasteiger partial charge in [-0.1, -0.05) is 24.3 Å². The quantitative estimate of drug-likeness (QED) is 0.347. The molecule has 3 aromatic rings. The molecule has 1 aliphatic heterocycles. The lowest BCUT2D eigenvalue weighted by atomic mass is 9.77. The fourth-order valence-electron chi connectivity index (χ4n) is 4.89. The topological polar surface area (TPSA) is 93.6 Å². The standard InChI is InChI=1S/C26H23F2N5O3/c1-2-31-15-22(33(35)36)24(29-31)26(34)32-25(17-8-12-20(28)13-9-17)21-5-3-4-18(23(21)30-32)14-16-6-10-19(27)11-7-16/h6-15,21,25H,2-5H2,1H3/b18-14-/t21-,25+/m0/s1. The fourth-order valence-corrected chi connectivity index (χ4v) is 4.89. The number of nitro groups is 1. The number of fused-ring (bicyclic) bond motifs is 1. The van der Waals surface area contributed by atoms with Gasteiger partial charge in [-0.2, -0.15) is 10.2 Å². The monoisotopic (exact) mass is 491 g/mol. The molecule has 10 heteroatoms. The van der Waals surface area contributed by atoms with E-state index in [4.69, 9.17) is 0 Å². The summed E-state index contributed by atoms with van der Waals surface area (Å²) in [6.45, 7) is 2.13. The highest BCUT2D eigenvalue weighted by Crippen LogP contribution is 2.45. The molecule has 2 aliphatic rings. The Bertz CT molecular complexity index is 1380. The van der Waals surface area contributed by atoms with Crippen molar-refractivity contribution in [3.63, 3.8) is 0 Å². The summed E-state index contributed by atoms with van der Waals surface area (Å²) in [5.74, 6) is -1.62. The summed E-state index contributed by atoms with van der Waals surface area (Å²) in [5.41, 5.74) is 2.40. The highest BCUT2D eigenvalue weighted by atomic mass is 19.1. The smallest absolute Gasteiger partial charge is 0.265 e. The highest BCUT2D eigenvalue weighted by molar-refractivity contribution is 6.09. The molecule has 1 amide bonds. The van der Waals surface area contributed by atoms with Crippen LogP contribution in [0, 0.1) is 27.7 Å². The van der Waals surface area contributed by atoms with Crippen LogP contribution < -0.4 is 0 Å². The van der Waals surface area contributed by atoms with E-state index in [9.17, 15) is 23.7 Å². The molecular formula is C26H23F2N5O3. The molecule has 2 aromatic carbocycles. The highest BCUT2D eigenvalue weighted by Gasteiger charge is 2.45. The molecule has 0 saturated heterocycles. The Hall–Kier alpha value is -4.21. The maximum atomic E-state index is 13.7. The molecular weight excluding hydrogens is 468 g/mol. The third kappa shape index (κ3) is 4.30. The van der Waals surface area contributed by atoms with E-state index in [-0.39, 0.29) is 17.4 Å². The minimum Gasteiger partial charge on any atom is -0.265 e. The van der Waals surface area contributed by atoms with Gasteiger partial charge in [-0.25, -0.2) is 13.8 Å². The lowest BCUT2D eigenvalue weighted by Gasteiger charge is -2.29. The molecule has 2 atom stereocenters. The maximum absolute atomic E-state index is 13.7. The minimum atomic E-state index is -0.689. The number of aromatic nitrogens is 2. The average molecular weight is 491 g/mol. The maximum Gasteiger partial charge on any atom is 0.320 e. The van der Waals surface area contributed by atoms with E-state index >= 15 is 0 Å². The Labute approximate surface area is 205 Å². The van der Waals surface area contributed by atoms with Crippen LogP contribution in [0.4, 0.5) is 14.5 Å². The van der Waals surface area contributed by atoms with Crippen molar-refractivity contribution < 1.29 is 18.5 Å². The second kappa shape index (κ2) is 9.44. The summed E-state index contributed by atoms with van der Waals surface area (Å²) in [7, 11) is 0. The van der Waals surface area contributed by atoms with Gasteiger partial charge in [-0.05, 0) is 73.2 Å². The van der Waals surface area contributed by atoms with Gasteiger partial charge < -0.3 is 0 Å². The molecule has 2 heterocycles. The molecule has 5 rings (SSSR count). The zero-order chi connectivity index (χ0) is 25.4. The number of carbonyl (C=O) groups excluding carboxylic acids is 1. The Morgan fingerprint density at radius 1 is 1.14 bits per heavy atom. The van der Waals surface area contributed by atoms with Crippen LogP contribution in [-0.4, -0.2) is 31.3 Å². The Balaban J connectivity index is 1.60. The number of benzene rings is 2. The number of hydrazone groups is 1. The minimum absolute atomic E-state index is 0.188. The van der Waals surface area contributed by atoms with Crippen LogP contribution >= 0.6 is 0 Å². The molecule has 1 aromatic heterocycles. The third-order valence-corrected chi connectivity index (χ3v) is 6.60. The SMILES string of the molecule is CCn1cc([N+](=O)[O-])c(C(=O)N2N=C3/C(=C\c4ccc(F)cc4)CCC[C@@H]3[C@H]2c2ccc(F)cc2)n1. The van der Waals surface area contributed by atoms with Crippen LogP contribution in [0.2, 0.25) is 0 Å². The predicted octanol–water partition coefficient (Wildman–Crippen LogP) is 5.53. The summed E-state index contributed by atoms with van der Waals surface area (Å²) in [5, 5.41) is 21.8. The second-order valence-corrected chi connectivity index (χ2v) is 8.83. The van der Waals surface area contributed by atoms with E-state index in [0.29, 0.717) is 17.8 Å². The van der Waals surface area contributed by atoms with Crippen molar-refractivity contribution in [3.8, 4) is 0 Å². The number of aryl methyl sites for hydroxylation is 1. The normalized spacial score (nSPS) is 20.4. The number of rotatable bonds is 5. The summed E-state index contributed by atoms with van der Waals surface area (Å²) < 4.78 is 28.4. The Kier molecular flexibility index (Phi) is 6.17. The molecule has 1 saturated carbocycles. The molecule has 36 heavy (non-hydrogen) atoms. The molecule has 0 bridgehead atoms. The van der Waals surface area contributed by atoms with E-state index in [1.807, 2.05) is 6.08 Å². The van der Waals surface area contributed by atoms with Gasteiger partial charge in [-0.3, -0.25) is 19.6 Å². The van der Waals surface area contributed by atoms with Gasteiger partial charge >= 0.3 is 11.6 Å². The third-order valence-electron chi connectivity index (χ3n) is 6.60. The van der Waals surface area contributed by atoms with E-state index < -0.39 is 28.4 Å². The van der Waals surface area contributed by atoms with Crippen LogP contribution in [0.25, 0.3) is 6.08 Å². The molecule has 184 valence electrons. The van der Waals surface area contributed by atoms with Crippen LogP contribution in [0.5, 0.6) is 0 Å². The predicted molar refractivity (Wildman–Crippen MR) is 129 cm³/mol. The number of nitrogens with zero attached hydrogens (tertiary/aromatic N) is 5. The van der Waals surface area contributed by atoms with Crippen LogP contribution in [-0.2, 0) is 6.54 Å². The molecule has 0 N–H and O–H groups in total. The number of hydrogen-bond donors (Lipinski definition) is 0. The number of hydrogen-bond acceptors (Lipinski definition) is 5. The van der Waals surface area contributed by atoms with E-state index in [2.05, 4.69) is 10.2 Å². The largest absolute Gasteiger partial charge is 0.320 e. The van der Waals surface area contributed by atoms with E-state index in [0.717, 1.165) is 30.4 Å². The lowest BCUT2D eigenvalue weighted by Crippen LogP contribution is -2.32. The van der Waals surface area contributed by atoms with Crippen LogP contribution in [0.15, 0.2) is 65.4 Å². The Morgan fingerprint density at radius 3 is 2.44 bits per heavy atom. The number of halogens is 2. The fraction of sp³-hybridized carbons (Fsp3) is 0.269. The Morgan fingerprint density at radius 2 is 1.81 bits per heavy atom. The van der Waals surface area contributed by atoms with Gasteiger partial charge in [0.25, 0.3) is 0 Å². The number of amides is 1. The summed E-state index contributed by atoms with van der Waals surface area (Å²) in [4.78, 5) is 24.7. The van der Waals surface area contributed by atoms with Crippen molar-refractivity contribution in [2.45, 2.75) is 38.8 Å². The molecule has 1 aliphatic carbocycles. The lowest BCUT2D eigenvalue weighted by molar-refractivity contribution is -0.385. The van der Waals surface area contributed by atoms with Gasteiger partial charge in [0.2, 0.25) is 5.69 Å². The van der Waals surface area contributed by atoms with Gasteiger partial charge in [-0.15, -0.1) is 0 Å². The van der Waals surface area contributed by atoms with Crippen molar-refractivity contribution in [2.24, 2.45) is 11.0 Å². The van der Waals surface area contributed by atoms with Crippen LogP contribution in [0.3, 0.4) is 0 Å². The van der Waals surface area contributed by atoms with Gasteiger partial charge in [0.15, 0.2) is 0 Å². The summed E-state index contributed by atoms with van der Waals surface area (Å²) >= 11 is 0. The zero-order valence-corrected chi connectivity index (χ0v) is 19.5. The second-order valence-electron chi connectivity index (χ2n) is 8.83. The van der Waals surface area contributed by atoms with Gasteiger partial charge in [0.05, 0.1) is 16.7 Å². The van der Waals surface area contributed by atoms with Gasteiger partial charge in [0.1, 0.15) is 17.8 Å². The van der Waals surface area contributed by atoms with Crippen molar-refractivity contribution in [2.75, 3.05) is 0 Å². The van der Waals surface area contributed by atoms with E-state index in [1.54, 1.807) is 31.2 Å².